The van der Waals surface area contributed by atoms with Crippen molar-refractivity contribution in [2.24, 2.45) is 4.99 Å². The molecule has 8 heteroatoms. The van der Waals surface area contributed by atoms with Gasteiger partial charge in [0.05, 0.1) is 23.6 Å². The third kappa shape index (κ3) is 3.62. The summed E-state index contributed by atoms with van der Waals surface area (Å²) >= 11 is 1.33. The normalized spacial score (nSPS) is 26.3. The van der Waals surface area contributed by atoms with Crippen molar-refractivity contribution in [3.63, 3.8) is 0 Å². The maximum Gasteiger partial charge on any atom is 0.262 e. The van der Waals surface area contributed by atoms with Crippen LogP contribution in [0.25, 0.3) is 0 Å². The third-order valence-corrected chi connectivity index (χ3v) is 7.35. The van der Waals surface area contributed by atoms with E-state index in [-0.39, 0.29) is 29.2 Å². The molecule has 0 N–H and O–H groups in total. The molecule has 1 amide bonds. The Morgan fingerprint density at radius 1 is 1.38 bits per heavy atom. The van der Waals surface area contributed by atoms with E-state index in [9.17, 15) is 13.2 Å². The Balaban J connectivity index is 1.88. The lowest BCUT2D eigenvalue weighted by Gasteiger charge is -2.24. The molecular weight excluding hydrogens is 346 g/mol. The molecular formula is C16H17N3O3S2. The van der Waals surface area contributed by atoms with Gasteiger partial charge in [0.2, 0.25) is 0 Å². The smallest absolute Gasteiger partial charge is 0.262 e. The van der Waals surface area contributed by atoms with Gasteiger partial charge in [-0.1, -0.05) is 41.6 Å². The number of nitrogens with zero attached hydrogens (tertiary/aromatic N) is 3. The maximum absolute atomic E-state index is 11.9. The van der Waals surface area contributed by atoms with Crippen LogP contribution in [-0.4, -0.2) is 47.2 Å². The number of fused-ring (bicyclic) bond motifs is 1. The van der Waals surface area contributed by atoms with E-state index >= 15 is 0 Å². The van der Waals surface area contributed by atoms with Crippen molar-refractivity contribution in [1.29, 1.82) is 5.26 Å². The van der Waals surface area contributed by atoms with E-state index in [1.54, 1.807) is 6.07 Å². The maximum atomic E-state index is 11.9. The Kier molecular flexibility index (Phi) is 4.65. The number of thioether (sulfide) groups is 1. The summed E-state index contributed by atoms with van der Waals surface area (Å²) in [5.74, 6) is -0.295. The average molecular weight is 363 g/mol. The first-order chi connectivity index (χ1) is 11.4. The summed E-state index contributed by atoms with van der Waals surface area (Å²) in [6.07, 6.45) is -0.268. The lowest BCUT2D eigenvalue weighted by Crippen LogP contribution is -2.37. The highest BCUT2D eigenvalue weighted by Crippen LogP contribution is 2.39. The fraction of sp³-hybridized carbons (Fsp3) is 0.438. The van der Waals surface area contributed by atoms with E-state index < -0.39 is 15.7 Å². The molecule has 2 saturated heterocycles. The second-order valence-corrected chi connectivity index (χ2v) is 9.40. The number of nitriles is 1. The number of amidine groups is 1. The van der Waals surface area contributed by atoms with Crippen molar-refractivity contribution in [2.75, 3.05) is 11.5 Å². The summed E-state index contributed by atoms with van der Waals surface area (Å²) in [6.45, 7) is 2.51. The van der Waals surface area contributed by atoms with E-state index in [2.05, 4.69) is 4.99 Å². The fourth-order valence-electron chi connectivity index (χ4n) is 2.92. The quantitative estimate of drug-likeness (QED) is 0.808. The van der Waals surface area contributed by atoms with Gasteiger partial charge in [-0.05, 0) is 12.5 Å². The molecule has 0 aliphatic carbocycles. The number of benzene rings is 1. The van der Waals surface area contributed by atoms with Crippen LogP contribution >= 0.6 is 11.8 Å². The Hall–Kier alpha value is -1.85. The number of carbonyl (C=O) groups excluding carboxylic acids is 1. The standard InChI is InChI=1S/C16H17N3O3S2/c1-11-2-4-12(5-3-11)8-19-13-9-24(21,22)10-14(13)23-16(19)18-15(20)6-7-17/h2-5,13-14H,6,8-10H2,1H3/t13-,14-/m1/s1. The van der Waals surface area contributed by atoms with Gasteiger partial charge in [-0.25, -0.2) is 8.42 Å². The van der Waals surface area contributed by atoms with Crippen molar-refractivity contribution < 1.29 is 13.2 Å². The van der Waals surface area contributed by atoms with Crippen LogP contribution in [0.1, 0.15) is 17.5 Å². The number of aliphatic imine (C=N–C) groups is 1. The first kappa shape index (κ1) is 17.0. The van der Waals surface area contributed by atoms with Gasteiger partial charge in [0, 0.05) is 11.8 Å². The molecule has 0 bridgehead atoms. The summed E-state index contributed by atoms with van der Waals surface area (Å²) < 4.78 is 23.9. The molecule has 2 aliphatic heterocycles. The average Bonchev–Trinajstić information content (AvgIpc) is 2.95. The summed E-state index contributed by atoms with van der Waals surface area (Å²) in [4.78, 5) is 17.7. The molecule has 1 aromatic carbocycles. The Labute approximate surface area is 145 Å². The predicted molar refractivity (Wildman–Crippen MR) is 93.2 cm³/mol. The summed E-state index contributed by atoms with van der Waals surface area (Å²) in [5, 5.41) is 9.05. The number of aryl methyl sites for hydroxylation is 1. The Morgan fingerprint density at radius 2 is 2.08 bits per heavy atom. The highest BCUT2D eigenvalue weighted by atomic mass is 32.2. The fourth-order valence-corrected chi connectivity index (χ4v) is 6.89. The van der Waals surface area contributed by atoms with Crippen LogP contribution < -0.4 is 0 Å². The minimum atomic E-state index is -3.05. The van der Waals surface area contributed by atoms with Gasteiger partial charge < -0.3 is 4.90 Å². The molecule has 0 radical (unpaired) electrons. The van der Waals surface area contributed by atoms with Crippen LogP contribution in [0.4, 0.5) is 0 Å². The van der Waals surface area contributed by atoms with Gasteiger partial charge in [-0.3, -0.25) is 4.79 Å². The SMILES string of the molecule is Cc1ccc(CN2C(=NC(=O)CC#N)S[C@@H]3CS(=O)(=O)C[C@H]32)cc1. The van der Waals surface area contributed by atoms with Crippen LogP contribution in [0.2, 0.25) is 0 Å². The van der Waals surface area contributed by atoms with Crippen molar-refractivity contribution in [2.45, 2.75) is 31.2 Å². The largest absolute Gasteiger partial charge is 0.342 e. The zero-order valence-corrected chi connectivity index (χ0v) is 14.8. The summed E-state index contributed by atoms with van der Waals surface area (Å²) in [5.41, 5.74) is 2.18. The van der Waals surface area contributed by atoms with E-state index in [0.29, 0.717) is 11.7 Å². The minimum absolute atomic E-state index is 0.0853. The number of rotatable bonds is 3. The van der Waals surface area contributed by atoms with Gasteiger partial charge in [0.15, 0.2) is 15.0 Å². The molecule has 24 heavy (non-hydrogen) atoms. The van der Waals surface area contributed by atoms with E-state index in [0.717, 1.165) is 11.1 Å². The first-order valence-electron chi connectivity index (χ1n) is 7.56. The predicted octanol–water partition coefficient (Wildman–Crippen LogP) is 1.51. The Morgan fingerprint density at radius 3 is 2.75 bits per heavy atom. The summed E-state index contributed by atoms with van der Waals surface area (Å²) in [7, 11) is -3.05. The molecule has 126 valence electrons. The topological polar surface area (TPSA) is 90.6 Å². The van der Waals surface area contributed by atoms with Crippen molar-refractivity contribution >= 4 is 32.7 Å². The lowest BCUT2D eigenvalue weighted by atomic mass is 10.1. The summed E-state index contributed by atoms with van der Waals surface area (Å²) in [6, 6.07) is 9.61. The van der Waals surface area contributed by atoms with Gasteiger partial charge in [0.1, 0.15) is 6.42 Å². The molecule has 2 aliphatic rings. The zero-order chi connectivity index (χ0) is 17.3. The number of hydrogen-bond donors (Lipinski definition) is 0. The number of hydrogen-bond acceptors (Lipinski definition) is 5. The van der Waals surface area contributed by atoms with Crippen molar-refractivity contribution in [1.82, 2.24) is 4.90 Å². The van der Waals surface area contributed by atoms with Crippen molar-refractivity contribution in [3.8, 4) is 6.07 Å². The second kappa shape index (κ2) is 6.57. The molecule has 0 unspecified atom stereocenters. The molecule has 2 fully saturated rings. The zero-order valence-electron chi connectivity index (χ0n) is 13.2. The van der Waals surface area contributed by atoms with E-state index in [1.807, 2.05) is 36.1 Å². The van der Waals surface area contributed by atoms with Gasteiger partial charge in [0.25, 0.3) is 5.91 Å². The van der Waals surface area contributed by atoms with Gasteiger partial charge in [-0.2, -0.15) is 10.3 Å². The van der Waals surface area contributed by atoms with Crippen LogP contribution in [0.5, 0.6) is 0 Å². The van der Waals surface area contributed by atoms with Gasteiger partial charge >= 0.3 is 0 Å². The van der Waals surface area contributed by atoms with Crippen LogP contribution in [-0.2, 0) is 21.2 Å². The second-order valence-electron chi connectivity index (χ2n) is 6.04. The lowest BCUT2D eigenvalue weighted by molar-refractivity contribution is -0.116. The molecule has 3 rings (SSSR count). The molecule has 2 atom stereocenters. The number of carbonyl (C=O) groups is 1. The van der Waals surface area contributed by atoms with Crippen LogP contribution in [0, 0.1) is 18.3 Å². The molecule has 6 nitrogen and oxygen atoms in total. The van der Waals surface area contributed by atoms with Crippen molar-refractivity contribution in [3.05, 3.63) is 35.4 Å². The van der Waals surface area contributed by atoms with E-state index in [1.165, 1.54) is 11.8 Å². The molecule has 0 saturated carbocycles. The van der Waals surface area contributed by atoms with E-state index in [4.69, 9.17) is 5.26 Å². The minimum Gasteiger partial charge on any atom is -0.342 e. The number of amides is 1. The highest BCUT2D eigenvalue weighted by molar-refractivity contribution is 8.15. The molecule has 0 spiro atoms. The molecule has 0 aromatic heterocycles. The molecule has 1 aromatic rings. The highest BCUT2D eigenvalue weighted by Gasteiger charge is 2.48. The monoisotopic (exact) mass is 363 g/mol. The third-order valence-electron chi connectivity index (χ3n) is 4.10. The number of sulfone groups is 1. The molecule has 2 heterocycles. The van der Waals surface area contributed by atoms with Crippen LogP contribution in [0.3, 0.4) is 0 Å². The first-order valence-corrected chi connectivity index (χ1v) is 10.3. The van der Waals surface area contributed by atoms with Gasteiger partial charge in [-0.15, -0.1) is 0 Å². The van der Waals surface area contributed by atoms with Crippen LogP contribution in [0.15, 0.2) is 29.3 Å². The Bertz CT molecular complexity index is 825.